The quantitative estimate of drug-likeness (QED) is 0.761. The molecule has 0 aliphatic heterocycles. The minimum absolute atomic E-state index is 0.203. The molecule has 3 aromatic rings. The third kappa shape index (κ3) is 2.45. The van der Waals surface area contributed by atoms with Gasteiger partial charge in [0.1, 0.15) is 16.6 Å². The highest BCUT2D eigenvalue weighted by molar-refractivity contribution is 7.08. The summed E-state index contributed by atoms with van der Waals surface area (Å²) in [7, 11) is 0. The summed E-state index contributed by atoms with van der Waals surface area (Å²) in [4.78, 5) is 10.8. The van der Waals surface area contributed by atoms with Gasteiger partial charge in [-0.05, 0) is 24.3 Å². The van der Waals surface area contributed by atoms with Gasteiger partial charge in [-0.25, -0.2) is 14.2 Å². The number of benzene rings is 1. The van der Waals surface area contributed by atoms with Gasteiger partial charge in [-0.15, -0.1) is 0 Å². The summed E-state index contributed by atoms with van der Waals surface area (Å²) >= 11 is 1.03. The minimum Gasteiger partial charge on any atom is -0.384 e. The van der Waals surface area contributed by atoms with E-state index in [2.05, 4.69) is 15.3 Å². The van der Waals surface area contributed by atoms with Crippen molar-refractivity contribution in [1.82, 2.24) is 20.0 Å². The van der Waals surface area contributed by atoms with Crippen LogP contribution < -0.4 is 10.6 Å². The van der Waals surface area contributed by atoms with Crippen molar-refractivity contribution >= 4 is 17.2 Å². The lowest BCUT2D eigenvalue weighted by Gasteiger charge is -2.02. The standard InChI is InChI=1S/C12H10FN5OS/c13-7-1-3-9(4-2-7)18-10(14)5-8(17-18)6-11-15-16-12(19)20-11/h1-5H,6,14H2,(H,16,19). The van der Waals surface area contributed by atoms with Gasteiger partial charge in [-0.3, -0.25) is 4.79 Å². The number of nitrogens with zero attached hydrogens (tertiary/aromatic N) is 3. The molecule has 0 amide bonds. The van der Waals surface area contributed by atoms with Crippen molar-refractivity contribution in [2.45, 2.75) is 6.42 Å². The predicted molar refractivity (Wildman–Crippen MR) is 73.5 cm³/mol. The number of nitrogens with one attached hydrogen (secondary N) is 1. The lowest BCUT2D eigenvalue weighted by atomic mass is 10.3. The first-order chi connectivity index (χ1) is 9.61. The van der Waals surface area contributed by atoms with Crippen LogP contribution >= 0.6 is 11.3 Å². The summed E-state index contributed by atoms with van der Waals surface area (Å²) in [6, 6.07) is 7.57. The Balaban J connectivity index is 1.90. The van der Waals surface area contributed by atoms with E-state index in [0.29, 0.717) is 28.6 Å². The van der Waals surface area contributed by atoms with Gasteiger partial charge < -0.3 is 5.73 Å². The maximum absolute atomic E-state index is 12.9. The second kappa shape index (κ2) is 4.89. The van der Waals surface area contributed by atoms with Crippen LogP contribution in [0.25, 0.3) is 5.69 Å². The van der Waals surface area contributed by atoms with E-state index >= 15 is 0 Å². The molecular formula is C12H10FN5OS. The Hall–Kier alpha value is -2.48. The number of halogens is 1. The van der Waals surface area contributed by atoms with Gasteiger partial charge in [0.2, 0.25) is 0 Å². The monoisotopic (exact) mass is 291 g/mol. The zero-order chi connectivity index (χ0) is 14.1. The SMILES string of the molecule is Nc1cc(Cc2n[nH]c(=O)s2)nn1-c1ccc(F)cc1. The molecule has 0 atom stereocenters. The molecule has 0 spiro atoms. The number of aromatic nitrogens is 4. The molecule has 0 aliphatic carbocycles. The summed E-state index contributed by atoms with van der Waals surface area (Å²) in [5.41, 5.74) is 7.25. The highest BCUT2D eigenvalue weighted by Crippen LogP contribution is 2.17. The third-order valence-electron chi connectivity index (χ3n) is 2.67. The number of nitrogen functional groups attached to an aromatic ring is 1. The fourth-order valence-corrected chi connectivity index (χ4v) is 2.43. The summed E-state index contributed by atoms with van der Waals surface area (Å²) < 4.78 is 14.4. The molecule has 0 saturated carbocycles. The molecule has 0 radical (unpaired) electrons. The van der Waals surface area contributed by atoms with E-state index in [-0.39, 0.29) is 10.7 Å². The lowest BCUT2D eigenvalue weighted by Crippen LogP contribution is -2.02. The topological polar surface area (TPSA) is 89.6 Å². The second-order valence-corrected chi connectivity index (χ2v) is 5.18. The molecule has 2 aromatic heterocycles. The fraction of sp³-hybridized carbons (Fsp3) is 0.0833. The molecule has 6 nitrogen and oxygen atoms in total. The molecule has 20 heavy (non-hydrogen) atoms. The van der Waals surface area contributed by atoms with Gasteiger partial charge in [0.05, 0.1) is 11.4 Å². The Morgan fingerprint density at radius 3 is 2.75 bits per heavy atom. The Morgan fingerprint density at radius 2 is 2.10 bits per heavy atom. The van der Waals surface area contributed by atoms with Crippen molar-refractivity contribution < 1.29 is 4.39 Å². The molecule has 1 aromatic carbocycles. The maximum Gasteiger partial charge on any atom is 0.322 e. The zero-order valence-corrected chi connectivity index (χ0v) is 11.0. The molecule has 0 saturated heterocycles. The van der Waals surface area contributed by atoms with Crippen molar-refractivity contribution in [1.29, 1.82) is 0 Å². The van der Waals surface area contributed by atoms with Crippen LogP contribution in [-0.2, 0) is 6.42 Å². The van der Waals surface area contributed by atoms with E-state index in [0.717, 1.165) is 11.3 Å². The first kappa shape index (κ1) is 12.5. The first-order valence-electron chi connectivity index (χ1n) is 5.76. The van der Waals surface area contributed by atoms with E-state index in [1.165, 1.54) is 16.8 Å². The smallest absolute Gasteiger partial charge is 0.322 e. The van der Waals surface area contributed by atoms with E-state index in [4.69, 9.17) is 5.73 Å². The van der Waals surface area contributed by atoms with Crippen LogP contribution in [0, 0.1) is 5.82 Å². The summed E-state index contributed by atoms with van der Waals surface area (Å²) in [6.45, 7) is 0. The molecule has 3 N–H and O–H groups in total. The van der Waals surface area contributed by atoms with Crippen LogP contribution in [0.5, 0.6) is 0 Å². The predicted octanol–water partition coefficient (Wildman–Crippen LogP) is 1.33. The molecule has 0 bridgehead atoms. The molecule has 2 heterocycles. The molecule has 0 fully saturated rings. The highest BCUT2D eigenvalue weighted by Gasteiger charge is 2.10. The molecule has 8 heteroatoms. The average molecular weight is 291 g/mol. The summed E-state index contributed by atoms with van der Waals surface area (Å²) in [5.74, 6) is 0.121. The molecular weight excluding hydrogens is 281 g/mol. The van der Waals surface area contributed by atoms with Crippen molar-refractivity contribution in [2.75, 3.05) is 5.73 Å². The van der Waals surface area contributed by atoms with Crippen molar-refractivity contribution in [3.8, 4) is 5.69 Å². The molecule has 0 aliphatic rings. The average Bonchev–Trinajstić information content (AvgIpc) is 2.97. The number of rotatable bonds is 3. The van der Waals surface area contributed by atoms with Crippen LogP contribution in [0.15, 0.2) is 35.1 Å². The van der Waals surface area contributed by atoms with Crippen LogP contribution in [0.1, 0.15) is 10.7 Å². The zero-order valence-electron chi connectivity index (χ0n) is 10.2. The number of aromatic amines is 1. The van der Waals surface area contributed by atoms with E-state index in [9.17, 15) is 9.18 Å². The van der Waals surface area contributed by atoms with Gasteiger partial charge in [0.15, 0.2) is 0 Å². The minimum atomic E-state index is -0.319. The molecule has 3 rings (SSSR count). The van der Waals surface area contributed by atoms with E-state index in [1.54, 1.807) is 18.2 Å². The fourth-order valence-electron chi connectivity index (χ4n) is 1.81. The Labute approximate surface area is 116 Å². The molecule has 102 valence electrons. The number of H-pyrrole nitrogens is 1. The van der Waals surface area contributed by atoms with Gasteiger partial charge in [0, 0.05) is 12.5 Å². The number of nitrogens with two attached hydrogens (primary N) is 1. The highest BCUT2D eigenvalue weighted by atomic mass is 32.1. The van der Waals surface area contributed by atoms with E-state index < -0.39 is 0 Å². The molecule has 0 unspecified atom stereocenters. The Morgan fingerprint density at radius 1 is 1.35 bits per heavy atom. The maximum atomic E-state index is 12.9. The van der Waals surface area contributed by atoms with Crippen LogP contribution in [0.3, 0.4) is 0 Å². The first-order valence-corrected chi connectivity index (χ1v) is 6.58. The second-order valence-electron chi connectivity index (χ2n) is 4.13. The Kier molecular flexibility index (Phi) is 3.07. The Bertz CT molecular complexity index is 789. The number of hydrogen-bond acceptors (Lipinski definition) is 5. The van der Waals surface area contributed by atoms with Crippen molar-refractivity contribution in [2.24, 2.45) is 0 Å². The largest absolute Gasteiger partial charge is 0.384 e. The lowest BCUT2D eigenvalue weighted by molar-refractivity contribution is 0.627. The van der Waals surface area contributed by atoms with E-state index in [1.807, 2.05) is 0 Å². The van der Waals surface area contributed by atoms with Crippen molar-refractivity contribution in [3.63, 3.8) is 0 Å². The van der Waals surface area contributed by atoms with Crippen molar-refractivity contribution in [3.05, 3.63) is 56.5 Å². The van der Waals surface area contributed by atoms with Gasteiger partial charge in [-0.1, -0.05) is 11.3 Å². The van der Waals surface area contributed by atoms with Gasteiger partial charge in [-0.2, -0.15) is 10.2 Å². The van der Waals surface area contributed by atoms with Crippen LogP contribution in [-0.4, -0.2) is 20.0 Å². The number of anilines is 1. The third-order valence-corrected chi connectivity index (χ3v) is 3.42. The van der Waals surface area contributed by atoms with Gasteiger partial charge >= 0.3 is 4.87 Å². The summed E-state index contributed by atoms with van der Waals surface area (Å²) in [6.07, 6.45) is 0.418. The van der Waals surface area contributed by atoms with Crippen LogP contribution in [0.2, 0.25) is 0 Å². The summed E-state index contributed by atoms with van der Waals surface area (Å²) in [5, 5.41) is 11.2. The number of hydrogen-bond donors (Lipinski definition) is 2. The van der Waals surface area contributed by atoms with Crippen LogP contribution in [0.4, 0.5) is 10.2 Å². The normalized spacial score (nSPS) is 10.8. The van der Waals surface area contributed by atoms with Gasteiger partial charge in [0.25, 0.3) is 0 Å².